The summed E-state index contributed by atoms with van der Waals surface area (Å²) in [5, 5.41) is 0. The summed E-state index contributed by atoms with van der Waals surface area (Å²) >= 11 is 0. The summed E-state index contributed by atoms with van der Waals surface area (Å²) in [5.41, 5.74) is 0. The van der Waals surface area contributed by atoms with Crippen LogP contribution in [0.15, 0.2) is 12.4 Å². The van der Waals surface area contributed by atoms with E-state index >= 15 is 0 Å². The van der Waals surface area contributed by atoms with Gasteiger partial charge in [-0.05, 0) is 40.5 Å². The Morgan fingerprint density at radius 2 is 1.33 bits per heavy atom. The van der Waals surface area contributed by atoms with Gasteiger partial charge in [-0.15, -0.1) is 0 Å². The molecule has 0 radical (unpaired) electrons. The van der Waals surface area contributed by atoms with Crippen molar-refractivity contribution < 1.29 is 0 Å². The number of hydrogen-bond acceptors (Lipinski definition) is 2. The van der Waals surface area contributed by atoms with Crippen molar-refractivity contribution in [2.45, 2.75) is 91.4 Å². The van der Waals surface area contributed by atoms with Crippen molar-refractivity contribution in [1.82, 2.24) is 9.80 Å². The summed E-state index contributed by atoms with van der Waals surface area (Å²) < 4.78 is 0. The molecule has 0 aromatic carbocycles. The second kappa shape index (κ2) is 7.70. The van der Waals surface area contributed by atoms with Gasteiger partial charge >= 0.3 is 0 Å². The molecule has 0 aliphatic carbocycles. The van der Waals surface area contributed by atoms with Gasteiger partial charge in [-0.1, -0.05) is 32.6 Å². The van der Waals surface area contributed by atoms with Crippen molar-refractivity contribution in [3.63, 3.8) is 0 Å². The van der Waals surface area contributed by atoms with Crippen molar-refractivity contribution in [1.29, 1.82) is 0 Å². The first kappa shape index (κ1) is 15.4. The normalized spacial score (nSPS) is 16.6. The van der Waals surface area contributed by atoms with E-state index in [4.69, 9.17) is 0 Å². The zero-order valence-electron chi connectivity index (χ0n) is 13.0. The number of unbranched alkanes of at least 4 members (excludes halogenated alkanes) is 4. The average Bonchev–Trinajstić information content (AvgIpc) is 2.72. The van der Waals surface area contributed by atoms with Crippen molar-refractivity contribution >= 4 is 0 Å². The van der Waals surface area contributed by atoms with Gasteiger partial charge in [-0.25, -0.2) is 0 Å². The summed E-state index contributed by atoms with van der Waals surface area (Å²) in [7, 11) is 0. The second-order valence-corrected chi connectivity index (χ2v) is 6.06. The molecule has 1 aliphatic heterocycles. The molecule has 1 heterocycles. The molecule has 2 nitrogen and oxygen atoms in total. The minimum absolute atomic E-state index is 0.589. The summed E-state index contributed by atoms with van der Waals surface area (Å²) in [5.74, 6) is 0. The van der Waals surface area contributed by atoms with E-state index in [0.29, 0.717) is 18.2 Å². The highest BCUT2D eigenvalue weighted by Gasteiger charge is 2.28. The Hall–Kier alpha value is -0.660. The Labute approximate surface area is 114 Å². The van der Waals surface area contributed by atoms with E-state index in [1.165, 1.54) is 38.5 Å². The van der Waals surface area contributed by atoms with E-state index in [-0.39, 0.29) is 0 Å². The standard InChI is InChI=1S/C16H32N2/c1-6-7-8-9-10-11-16-17(14(2)3)12-13-18(16)15(4)5/h12-16H,6-11H2,1-5H3. The van der Waals surface area contributed by atoms with Gasteiger partial charge in [0.25, 0.3) is 0 Å². The van der Waals surface area contributed by atoms with Crippen LogP contribution in [0, 0.1) is 0 Å². The highest BCUT2D eigenvalue weighted by atomic mass is 15.4. The molecule has 0 N–H and O–H groups in total. The van der Waals surface area contributed by atoms with E-state index in [1.54, 1.807) is 0 Å². The Kier molecular flexibility index (Phi) is 6.59. The lowest BCUT2D eigenvalue weighted by molar-refractivity contribution is 0.0946. The zero-order chi connectivity index (χ0) is 13.5. The van der Waals surface area contributed by atoms with E-state index in [0.717, 1.165) is 0 Å². The molecule has 0 spiro atoms. The van der Waals surface area contributed by atoms with Gasteiger partial charge in [0, 0.05) is 24.5 Å². The maximum absolute atomic E-state index is 2.51. The van der Waals surface area contributed by atoms with Gasteiger partial charge in [0.05, 0.1) is 0 Å². The van der Waals surface area contributed by atoms with Crippen molar-refractivity contribution in [2.75, 3.05) is 0 Å². The van der Waals surface area contributed by atoms with Gasteiger partial charge in [0.1, 0.15) is 6.17 Å². The first-order valence-electron chi connectivity index (χ1n) is 7.81. The molecule has 0 bridgehead atoms. The Morgan fingerprint density at radius 3 is 1.78 bits per heavy atom. The number of nitrogens with zero attached hydrogens (tertiary/aromatic N) is 2. The van der Waals surface area contributed by atoms with E-state index in [1.807, 2.05) is 0 Å². The highest BCUT2D eigenvalue weighted by molar-refractivity contribution is 4.99. The first-order chi connectivity index (χ1) is 8.57. The topological polar surface area (TPSA) is 6.48 Å². The smallest absolute Gasteiger partial charge is 0.101 e. The molecule has 0 unspecified atom stereocenters. The largest absolute Gasteiger partial charge is 0.354 e. The molecule has 2 heteroatoms. The lowest BCUT2D eigenvalue weighted by atomic mass is 10.1. The lowest BCUT2D eigenvalue weighted by Crippen LogP contribution is -2.44. The fourth-order valence-electron chi connectivity index (χ4n) is 2.77. The van der Waals surface area contributed by atoms with Crippen molar-refractivity contribution in [3.05, 3.63) is 12.4 Å². The van der Waals surface area contributed by atoms with Crippen LogP contribution in [0.25, 0.3) is 0 Å². The van der Waals surface area contributed by atoms with Gasteiger partial charge in [-0.3, -0.25) is 0 Å². The SMILES string of the molecule is CCCCCCCC1N(C(C)C)C=CN1C(C)C. The van der Waals surface area contributed by atoms with Gasteiger partial charge in [0.15, 0.2) is 0 Å². The maximum Gasteiger partial charge on any atom is 0.101 e. The Bertz CT molecular complexity index is 227. The van der Waals surface area contributed by atoms with Gasteiger partial charge in [-0.2, -0.15) is 0 Å². The van der Waals surface area contributed by atoms with Gasteiger partial charge in [0.2, 0.25) is 0 Å². The average molecular weight is 252 g/mol. The fraction of sp³-hybridized carbons (Fsp3) is 0.875. The van der Waals surface area contributed by atoms with Crippen molar-refractivity contribution in [2.24, 2.45) is 0 Å². The molecule has 0 aromatic rings. The maximum atomic E-state index is 2.51. The molecular weight excluding hydrogens is 220 g/mol. The minimum Gasteiger partial charge on any atom is -0.354 e. The second-order valence-electron chi connectivity index (χ2n) is 6.06. The van der Waals surface area contributed by atoms with Crippen LogP contribution in [-0.4, -0.2) is 28.0 Å². The minimum atomic E-state index is 0.589. The molecule has 18 heavy (non-hydrogen) atoms. The molecule has 106 valence electrons. The van der Waals surface area contributed by atoms with Gasteiger partial charge < -0.3 is 9.80 Å². The van der Waals surface area contributed by atoms with Crippen molar-refractivity contribution in [3.8, 4) is 0 Å². The van der Waals surface area contributed by atoms with E-state index in [9.17, 15) is 0 Å². The quantitative estimate of drug-likeness (QED) is 0.583. The van der Waals surface area contributed by atoms with Crippen LogP contribution >= 0.6 is 0 Å². The highest BCUT2D eigenvalue weighted by Crippen LogP contribution is 2.25. The molecular formula is C16H32N2. The van der Waals surface area contributed by atoms with Crippen LogP contribution < -0.4 is 0 Å². The van der Waals surface area contributed by atoms with Crippen LogP contribution in [0.2, 0.25) is 0 Å². The van der Waals surface area contributed by atoms with E-state index in [2.05, 4.69) is 56.8 Å². The summed E-state index contributed by atoms with van der Waals surface area (Å²) in [6.45, 7) is 11.4. The lowest BCUT2D eigenvalue weighted by Gasteiger charge is -2.37. The first-order valence-corrected chi connectivity index (χ1v) is 7.81. The molecule has 0 aromatic heterocycles. The molecule has 0 saturated heterocycles. The van der Waals surface area contributed by atoms with E-state index < -0.39 is 0 Å². The third kappa shape index (κ3) is 4.22. The summed E-state index contributed by atoms with van der Waals surface area (Å²) in [6, 6.07) is 1.20. The summed E-state index contributed by atoms with van der Waals surface area (Å²) in [6.07, 6.45) is 13.3. The molecule has 1 rings (SSSR count). The molecule has 0 saturated carbocycles. The predicted molar refractivity (Wildman–Crippen MR) is 80.3 cm³/mol. The molecule has 0 amide bonds. The Balaban J connectivity index is 2.42. The fourth-order valence-corrected chi connectivity index (χ4v) is 2.77. The monoisotopic (exact) mass is 252 g/mol. The third-order valence-corrected chi connectivity index (χ3v) is 3.86. The third-order valence-electron chi connectivity index (χ3n) is 3.86. The van der Waals surface area contributed by atoms with Crippen LogP contribution in [0.3, 0.4) is 0 Å². The van der Waals surface area contributed by atoms with Crippen LogP contribution in [-0.2, 0) is 0 Å². The predicted octanol–water partition coefficient (Wildman–Crippen LogP) is 4.58. The number of hydrogen-bond donors (Lipinski definition) is 0. The molecule has 1 aliphatic rings. The molecule has 0 atom stereocenters. The Morgan fingerprint density at radius 1 is 0.833 bits per heavy atom. The van der Waals surface area contributed by atoms with Crippen LogP contribution in [0.5, 0.6) is 0 Å². The van der Waals surface area contributed by atoms with Crippen LogP contribution in [0.1, 0.15) is 73.1 Å². The van der Waals surface area contributed by atoms with Crippen LogP contribution in [0.4, 0.5) is 0 Å². The number of rotatable bonds is 8. The molecule has 0 fully saturated rings. The zero-order valence-corrected chi connectivity index (χ0v) is 13.0. The summed E-state index contributed by atoms with van der Waals surface area (Å²) in [4.78, 5) is 5.03.